The molecular weight excluding hydrogens is 496 g/mol. The molecule has 2 amide bonds. The van der Waals surface area contributed by atoms with E-state index in [0.717, 1.165) is 53.8 Å². The van der Waals surface area contributed by atoms with Gasteiger partial charge in [-0.3, -0.25) is 4.90 Å². The topological polar surface area (TPSA) is 66.9 Å². The quantitative estimate of drug-likeness (QED) is 0.304. The molecule has 0 saturated carbocycles. The lowest BCUT2D eigenvalue weighted by Crippen LogP contribution is -2.49. The van der Waals surface area contributed by atoms with Crippen LogP contribution in [0.3, 0.4) is 0 Å². The number of ether oxygens (including phenoxy) is 2. The predicted molar refractivity (Wildman–Crippen MR) is 153 cm³/mol. The lowest BCUT2D eigenvalue weighted by Gasteiger charge is -2.39. The van der Waals surface area contributed by atoms with E-state index in [1.165, 1.54) is 11.1 Å². The summed E-state index contributed by atoms with van der Waals surface area (Å²) >= 11 is 1.66. The fourth-order valence-electron chi connectivity index (χ4n) is 5.03. The van der Waals surface area contributed by atoms with Crippen LogP contribution in [0.1, 0.15) is 37.9 Å². The molecule has 3 heterocycles. The van der Waals surface area contributed by atoms with E-state index in [0.29, 0.717) is 19.8 Å². The van der Waals surface area contributed by atoms with Crippen molar-refractivity contribution in [2.45, 2.75) is 62.2 Å². The van der Waals surface area contributed by atoms with E-state index < -0.39 is 0 Å². The highest BCUT2D eigenvalue weighted by atomic mass is 32.2. The van der Waals surface area contributed by atoms with Crippen molar-refractivity contribution in [1.29, 1.82) is 0 Å². The van der Waals surface area contributed by atoms with E-state index in [1.807, 2.05) is 25.1 Å². The maximum atomic E-state index is 12.6. The monoisotopic (exact) mass is 536 g/mol. The van der Waals surface area contributed by atoms with Crippen LogP contribution in [0.15, 0.2) is 70.1 Å². The summed E-state index contributed by atoms with van der Waals surface area (Å²) in [4.78, 5) is 23.2. The number of urea groups is 1. The SMILES string of the molecule is C/C=C\C=C(/C)C1CNC(=O)N1C1CCN(Cc2ccc(Sc3ccc(OCCOC)cc3)nc2C)CC1. The Kier molecular flexibility index (Phi) is 10.3. The van der Waals surface area contributed by atoms with Crippen LogP contribution in [0, 0.1) is 6.92 Å². The number of carbonyl (C=O) groups is 1. The van der Waals surface area contributed by atoms with Crippen molar-refractivity contribution < 1.29 is 14.3 Å². The van der Waals surface area contributed by atoms with E-state index in [-0.39, 0.29) is 18.1 Å². The first-order valence-electron chi connectivity index (χ1n) is 13.4. The molecule has 1 N–H and O–H groups in total. The summed E-state index contributed by atoms with van der Waals surface area (Å²) in [5.41, 5.74) is 3.56. The average Bonchev–Trinajstić information content (AvgIpc) is 3.31. The predicted octanol–water partition coefficient (Wildman–Crippen LogP) is 5.45. The van der Waals surface area contributed by atoms with Gasteiger partial charge in [0, 0.05) is 49.9 Å². The van der Waals surface area contributed by atoms with Gasteiger partial charge in [0.05, 0.1) is 12.6 Å². The molecular formula is C30H40N4O3S. The maximum Gasteiger partial charge on any atom is 0.318 e. The summed E-state index contributed by atoms with van der Waals surface area (Å²) in [7, 11) is 1.67. The molecule has 1 atom stereocenters. The van der Waals surface area contributed by atoms with Crippen molar-refractivity contribution in [3.05, 3.63) is 71.5 Å². The van der Waals surface area contributed by atoms with Crippen molar-refractivity contribution in [2.24, 2.45) is 0 Å². The number of rotatable bonds is 11. The van der Waals surface area contributed by atoms with E-state index >= 15 is 0 Å². The third-order valence-corrected chi connectivity index (χ3v) is 8.15. The summed E-state index contributed by atoms with van der Waals surface area (Å²) in [6, 6.07) is 12.9. The van der Waals surface area contributed by atoms with E-state index in [4.69, 9.17) is 14.5 Å². The first-order valence-corrected chi connectivity index (χ1v) is 14.2. The summed E-state index contributed by atoms with van der Waals surface area (Å²) in [6.45, 7) is 10.9. The lowest BCUT2D eigenvalue weighted by atomic mass is 9.99. The Balaban J connectivity index is 1.29. The van der Waals surface area contributed by atoms with Crippen LogP contribution in [0.2, 0.25) is 0 Å². The van der Waals surface area contributed by atoms with Crippen LogP contribution >= 0.6 is 11.8 Å². The van der Waals surface area contributed by atoms with Gasteiger partial charge in [-0.1, -0.05) is 36.1 Å². The highest BCUT2D eigenvalue weighted by molar-refractivity contribution is 7.99. The van der Waals surface area contributed by atoms with Gasteiger partial charge in [0.1, 0.15) is 17.4 Å². The number of aryl methyl sites for hydroxylation is 1. The van der Waals surface area contributed by atoms with Crippen molar-refractivity contribution in [3.8, 4) is 5.75 Å². The molecule has 4 rings (SSSR count). The Hall–Kier alpha value is -2.81. The van der Waals surface area contributed by atoms with Crippen molar-refractivity contribution >= 4 is 17.8 Å². The third-order valence-electron chi connectivity index (χ3n) is 7.21. The molecule has 0 spiro atoms. The molecule has 0 aliphatic carbocycles. The Morgan fingerprint density at radius 3 is 2.61 bits per heavy atom. The first kappa shape index (κ1) is 28.2. The number of likely N-dealkylation sites (tertiary alicyclic amines) is 1. The second-order valence-corrected chi connectivity index (χ2v) is 11.0. The molecule has 0 radical (unpaired) electrons. The number of aromatic nitrogens is 1. The molecule has 38 heavy (non-hydrogen) atoms. The molecule has 1 aromatic carbocycles. The highest BCUT2D eigenvalue weighted by Gasteiger charge is 2.38. The third kappa shape index (κ3) is 7.40. The molecule has 8 heteroatoms. The normalized spacial score (nSPS) is 19.4. The average molecular weight is 537 g/mol. The Morgan fingerprint density at radius 1 is 1.16 bits per heavy atom. The van der Waals surface area contributed by atoms with Crippen LogP contribution in [-0.2, 0) is 11.3 Å². The van der Waals surface area contributed by atoms with Crippen LogP contribution in [0.5, 0.6) is 5.75 Å². The molecule has 1 aromatic heterocycles. The number of pyridine rings is 1. The number of allylic oxidation sites excluding steroid dienone is 3. The van der Waals surface area contributed by atoms with Gasteiger partial charge in [0.25, 0.3) is 0 Å². The molecule has 0 bridgehead atoms. The standard InChI is InChI=1S/C30H40N4O3S/c1-5-6-7-22(2)28-20-31-30(35)34(28)25-14-16-33(17-15-25)21-24-8-13-29(32-23(24)3)38-27-11-9-26(10-12-27)37-19-18-36-4/h5-13,25,28H,14-21H2,1-4H3,(H,31,35)/b6-5-,22-7+. The zero-order chi connectivity index (χ0) is 26.9. The Labute approximate surface area is 231 Å². The van der Waals surface area contributed by atoms with Crippen LogP contribution < -0.4 is 10.1 Å². The summed E-state index contributed by atoms with van der Waals surface area (Å²) < 4.78 is 10.7. The Bertz CT molecular complexity index is 1130. The van der Waals surface area contributed by atoms with Gasteiger partial charge >= 0.3 is 6.03 Å². The van der Waals surface area contributed by atoms with Gasteiger partial charge in [-0.2, -0.15) is 0 Å². The van der Waals surface area contributed by atoms with Gasteiger partial charge in [0.15, 0.2) is 0 Å². The van der Waals surface area contributed by atoms with Gasteiger partial charge in [-0.25, -0.2) is 9.78 Å². The molecule has 2 fully saturated rings. The highest BCUT2D eigenvalue weighted by Crippen LogP contribution is 2.30. The molecule has 2 aliphatic heterocycles. The number of methoxy groups -OCH3 is 1. The minimum atomic E-state index is 0.0723. The second kappa shape index (κ2) is 13.8. The molecule has 7 nitrogen and oxygen atoms in total. The molecule has 2 aliphatic rings. The van der Waals surface area contributed by atoms with Gasteiger partial charge < -0.3 is 19.7 Å². The fourth-order valence-corrected chi connectivity index (χ4v) is 5.86. The zero-order valence-electron chi connectivity index (χ0n) is 23.0. The van der Waals surface area contributed by atoms with Crippen molar-refractivity contribution in [3.63, 3.8) is 0 Å². The number of hydrogen-bond donors (Lipinski definition) is 1. The number of nitrogens with one attached hydrogen (secondary N) is 1. The Morgan fingerprint density at radius 2 is 1.92 bits per heavy atom. The summed E-state index contributed by atoms with van der Waals surface area (Å²) in [5.74, 6) is 0.843. The first-order chi connectivity index (χ1) is 18.5. The maximum absolute atomic E-state index is 12.6. The number of benzene rings is 1. The number of nitrogens with zero attached hydrogens (tertiary/aromatic N) is 3. The van der Waals surface area contributed by atoms with Crippen molar-refractivity contribution in [2.75, 3.05) is 40.0 Å². The number of carbonyl (C=O) groups excluding carboxylic acids is 1. The molecule has 1 unspecified atom stereocenters. The smallest absolute Gasteiger partial charge is 0.318 e. The minimum absolute atomic E-state index is 0.0723. The van der Waals surface area contributed by atoms with E-state index in [2.05, 4.69) is 65.4 Å². The number of hydrogen-bond acceptors (Lipinski definition) is 6. The lowest BCUT2D eigenvalue weighted by molar-refractivity contribution is 0.119. The summed E-state index contributed by atoms with van der Waals surface area (Å²) in [6.07, 6.45) is 8.18. The van der Waals surface area contributed by atoms with Crippen LogP contribution in [0.4, 0.5) is 4.79 Å². The largest absolute Gasteiger partial charge is 0.491 e. The van der Waals surface area contributed by atoms with Gasteiger partial charge in [-0.05, 0) is 75.1 Å². The second-order valence-electron chi connectivity index (χ2n) is 9.86. The van der Waals surface area contributed by atoms with Crippen molar-refractivity contribution in [1.82, 2.24) is 20.1 Å². The molecule has 2 saturated heterocycles. The van der Waals surface area contributed by atoms with E-state index in [9.17, 15) is 4.79 Å². The van der Waals surface area contributed by atoms with E-state index in [1.54, 1.807) is 18.9 Å². The fraction of sp³-hybridized carbons (Fsp3) is 0.467. The van der Waals surface area contributed by atoms with Crippen LogP contribution in [-0.4, -0.2) is 72.9 Å². The van der Waals surface area contributed by atoms with Crippen LogP contribution in [0.25, 0.3) is 0 Å². The van der Waals surface area contributed by atoms with Gasteiger partial charge in [-0.15, -0.1) is 0 Å². The summed E-state index contributed by atoms with van der Waals surface area (Å²) in [5, 5.41) is 4.05. The molecule has 204 valence electrons. The van der Waals surface area contributed by atoms with Gasteiger partial charge in [0.2, 0.25) is 0 Å². The number of amides is 2. The molecule has 2 aromatic rings. The number of piperidine rings is 1. The zero-order valence-corrected chi connectivity index (χ0v) is 23.8. The minimum Gasteiger partial charge on any atom is -0.491 e.